The summed E-state index contributed by atoms with van der Waals surface area (Å²) in [4.78, 5) is 1.47. The highest BCUT2D eigenvalue weighted by atomic mass is 32.2. The van der Waals surface area contributed by atoms with Crippen molar-refractivity contribution in [2.24, 2.45) is 0 Å². The zero-order valence-corrected chi connectivity index (χ0v) is 18.4. The Labute approximate surface area is 184 Å². The SMILES string of the molecule is CCCCCCCCc1ccc(O)cc1.Oc1ccccc1Sc1ccccc1O. The maximum absolute atomic E-state index is 9.56. The van der Waals surface area contributed by atoms with E-state index in [0.717, 1.165) is 16.2 Å². The minimum absolute atomic E-state index is 0.228. The Hall–Kier alpha value is -2.59. The fraction of sp³-hybridized carbons (Fsp3) is 0.308. The molecule has 0 fully saturated rings. The molecule has 3 N–H and O–H groups in total. The Bertz CT molecular complexity index is 819. The van der Waals surface area contributed by atoms with Crippen LogP contribution in [0.2, 0.25) is 0 Å². The van der Waals surface area contributed by atoms with Crippen molar-refractivity contribution in [2.45, 2.75) is 61.7 Å². The summed E-state index contributed by atoms with van der Waals surface area (Å²) in [5.41, 5.74) is 1.34. The first-order chi connectivity index (χ1) is 14.6. The van der Waals surface area contributed by atoms with E-state index in [2.05, 4.69) is 6.92 Å². The second kappa shape index (κ2) is 13.6. The smallest absolute Gasteiger partial charge is 0.129 e. The summed E-state index contributed by atoms with van der Waals surface area (Å²) in [6, 6.07) is 21.7. The average molecular weight is 425 g/mol. The first-order valence-electron chi connectivity index (χ1n) is 10.6. The molecule has 0 heterocycles. The summed E-state index contributed by atoms with van der Waals surface area (Å²) < 4.78 is 0. The molecule has 0 aliphatic carbocycles. The third-order valence-electron chi connectivity index (χ3n) is 4.71. The van der Waals surface area contributed by atoms with Crippen LogP contribution in [0, 0.1) is 0 Å². The van der Waals surface area contributed by atoms with Crippen molar-refractivity contribution in [3.05, 3.63) is 78.4 Å². The largest absolute Gasteiger partial charge is 0.508 e. The first kappa shape index (κ1) is 23.7. The number of unbranched alkanes of at least 4 members (excludes halogenated alkanes) is 5. The molecular formula is C26H32O3S. The van der Waals surface area contributed by atoms with Gasteiger partial charge in [0.2, 0.25) is 0 Å². The molecular weight excluding hydrogens is 392 g/mol. The van der Waals surface area contributed by atoms with Crippen LogP contribution < -0.4 is 0 Å². The molecule has 0 aromatic heterocycles. The highest BCUT2D eigenvalue weighted by Crippen LogP contribution is 2.37. The number of phenols is 3. The van der Waals surface area contributed by atoms with E-state index in [1.807, 2.05) is 36.4 Å². The summed E-state index contributed by atoms with van der Waals surface area (Å²) in [5, 5.41) is 28.2. The van der Waals surface area contributed by atoms with E-state index in [0.29, 0.717) is 5.75 Å². The van der Waals surface area contributed by atoms with Crippen LogP contribution >= 0.6 is 11.8 Å². The van der Waals surface area contributed by atoms with Crippen LogP contribution in [-0.4, -0.2) is 15.3 Å². The molecule has 0 amide bonds. The Balaban J connectivity index is 0.000000214. The third-order valence-corrected chi connectivity index (χ3v) is 5.84. The molecule has 3 rings (SSSR count). The molecule has 3 aromatic rings. The number of rotatable bonds is 9. The van der Waals surface area contributed by atoms with Gasteiger partial charge in [-0.15, -0.1) is 0 Å². The standard InChI is InChI=1S/C14H22O.C12H10O2S/c1-2-3-4-5-6-7-8-13-9-11-14(15)12-10-13;13-9-5-1-3-7-11(9)15-12-8-4-2-6-10(12)14/h9-12,15H,2-8H2,1H3;1-8,13-14H. The van der Waals surface area contributed by atoms with Crippen molar-refractivity contribution in [3.63, 3.8) is 0 Å². The number of para-hydroxylation sites is 2. The van der Waals surface area contributed by atoms with Gasteiger partial charge in [-0.25, -0.2) is 0 Å². The number of phenolic OH excluding ortho intramolecular Hbond substituents is 3. The van der Waals surface area contributed by atoms with Gasteiger partial charge in [0.25, 0.3) is 0 Å². The molecule has 160 valence electrons. The predicted octanol–water partition coefficient (Wildman–Crippen LogP) is 7.54. The lowest BCUT2D eigenvalue weighted by molar-refractivity contribution is 0.460. The molecule has 0 aliphatic rings. The first-order valence-corrected chi connectivity index (χ1v) is 11.4. The van der Waals surface area contributed by atoms with Crippen LogP contribution in [0.3, 0.4) is 0 Å². The molecule has 4 heteroatoms. The zero-order valence-electron chi connectivity index (χ0n) is 17.6. The normalized spacial score (nSPS) is 10.3. The van der Waals surface area contributed by atoms with E-state index in [9.17, 15) is 10.2 Å². The molecule has 0 unspecified atom stereocenters. The van der Waals surface area contributed by atoms with Crippen molar-refractivity contribution in [3.8, 4) is 17.2 Å². The number of hydrogen-bond acceptors (Lipinski definition) is 4. The quantitative estimate of drug-likeness (QED) is 0.310. The van der Waals surface area contributed by atoms with Crippen LogP contribution in [0.1, 0.15) is 51.0 Å². The molecule has 0 saturated heterocycles. The summed E-state index contributed by atoms with van der Waals surface area (Å²) in [5.74, 6) is 0.818. The van der Waals surface area contributed by atoms with Crippen LogP contribution in [-0.2, 0) is 6.42 Å². The topological polar surface area (TPSA) is 60.7 Å². The Morgan fingerprint density at radius 2 is 1.10 bits per heavy atom. The van der Waals surface area contributed by atoms with E-state index in [1.165, 1.54) is 55.9 Å². The average Bonchev–Trinajstić information content (AvgIpc) is 2.76. The fourth-order valence-electron chi connectivity index (χ4n) is 2.98. The van der Waals surface area contributed by atoms with Crippen LogP contribution in [0.4, 0.5) is 0 Å². The minimum atomic E-state index is 0.228. The van der Waals surface area contributed by atoms with Gasteiger partial charge < -0.3 is 15.3 Å². The van der Waals surface area contributed by atoms with Gasteiger partial charge in [-0.1, -0.05) is 87.2 Å². The summed E-state index contributed by atoms with van der Waals surface area (Å²) >= 11 is 1.34. The summed E-state index contributed by atoms with van der Waals surface area (Å²) in [7, 11) is 0. The molecule has 0 aliphatic heterocycles. The number of hydrogen-bond donors (Lipinski definition) is 3. The monoisotopic (exact) mass is 424 g/mol. The van der Waals surface area contributed by atoms with E-state index in [-0.39, 0.29) is 11.5 Å². The van der Waals surface area contributed by atoms with Gasteiger partial charge >= 0.3 is 0 Å². The van der Waals surface area contributed by atoms with E-state index >= 15 is 0 Å². The molecule has 0 atom stereocenters. The van der Waals surface area contributed by atoms with E-state index in [4.69, 9.17) is 5.11 Å². The van der Waals surface area contributed by atoms with Gasteiger partial charge in [0.05, 0.1) is 9.79 Å². The van der Waals surface area contributed by atoms with Gasteiger partial charge in [-0.05, 0) is 54.8 Å². The highest BCUT2D eigenvalue weighted by Gasteiger charge is 2.05. The lowest BCUT2D eigenvalue weighted by atomic mass is 10.1. The van der Waals surface area contributed by atoms with Gasteiger partial charge in [0.1, 0.15) is 17.2 Å². The van der Waals surface area contributed by atoms with Gasteiger partial charge in [0.15, 0.2) is 0 Å². The van der Waals surface area contributed by atoms with Crippen molar-refractivity contribution in [2.75, 3.05) is 0 Å². The lowest BCUT2D eigenvalue weighted by Crippen LogP contribution is -1.85. The number of aromatic hydroxyl groups is 3. The fourth-order valence-corrected chi connectivity index (χ4v) is 3.85. The van der Waals surface area contributed by atoms with E-state index in [1.54, 1.807) is 36.4 Å². The molecule has 0 spiro atoms. The maximum atomic E-state index is 9.56. The van der Waals surface area contributed by atoms with Crippen LogP contribution in [0.15, 0.2) is 82.6 Å². The second-order valence-corrected chi connectivity index (χ2v) is 8.31. The van der Waals surface area contributed by atoms with Crippen LogP contribution in [0.25, 0.3) is 0 Å². The molecule has 0 radical (unpaired) electrons. The van der Waals surface area contributed by atoms with Crippen molar-refractivity contribution in [1.82, 2.24) is 0 Å². The Morgan fingerprint density at radius 3 is 1.63 bits per heavy atom. The summed E-state index contributed by atoms with van der Waals surface area (Å²) in [6.45, 7) is 2.25. The van der Waals surface area contributed by atoms with Gasteiger partial charge in [-0.3, -0.25) is 0 Å². The lowest BCUT2D eigenvalue weighted by Gasteiger charge is -2.05. The highest BCUT2D eigenvalue weighted by molar-refractivity contribution is 7.99. The van der Waals surface area contributed by atoms with Crippen molar-refractivity contribution in [1.29, 1.82) is 0 Å². The maximum Gasteiger partial charge on any atom is 0.129 e. The Kier molecular flexibility index (Phi) is 10.7. The molecule has 3 nitrogen and oxygen atoms in total. The second-order valence-electron chi connectivity index (χ2n) is 7.22. The molecule has 3 aromatic carbocycles. The number of aryl methyl sites for hydroxylation is 1. The van der Waals surface area contributed by atoms with Crippen molar-refractivity contribution < 1.29 is 15.3 Å². The van der Waals surface area contributed by atoms with Gasteiger partial charge in [0, 0.05) is 0 Å². The molecule has 0 bridgehead atoms. The number of benzene rings is 3. The third kappa shape index (κ3) is 8.83. The van der Waals surface area contributed by atoms with E-state index < -0.39 is 0 Å². The van der Waals surface area contributed by atoms with Crippen LogP contribution in [0.5, 0.6) is 17.2 Å². The predicted molar refractivity (Wildman–Crippen MR) is 126 cm³/mol. The summed E-state index contributed by atoms with van der Waals surface area (Å²) in [6.07, 6.45) is 9.19. The molecule has 0 saturated carbocycles. The Morgan fingerprint density at radius 1 is 0.600 bits per heavy atom. The van der Waals surface area contributed by atoms with Gasteiger partial charge in [-0.2, -0.15) is 0 Å². The molecule has 30 heavy (non-hydrogen) atoms. The van der Waals surface area contributed by atoms with Crippen molar-refractivity contribution >= 4 is 11.8 Å². The minimum Gasteiger partial charge on any atom is -0.508 e. The zero-order chi connectivity index (χ0) is 21.6.